The summed E-state index contributed by atoms with van der Waals surface area (Å²) in [4.78, 5) is 16.9. The summed E-state index contributed by atoms with van der Waals surface area (Å²) < 4.78 is 0. The van der Waals surface area contributed by atoms with E-state index in [1.165, 1.54) is 32.5 Å². The minimum absolute atomic E-state index is 0.00920. The van der Waals surface area contributed by atoms with Gasteiger partial charge in [-0.2, -0.15) is 0 Å². The van der Waals surface area contributed by atoms with Gasteiger partial charge in [0.05, 0.1) is 0 Å². The van der Waals surface area contributed by atoms with E-state index in [2.05, 4.69) is 23.6 Å². The van der Waals surface area contributed by atoms with E-state index in [-0.39, 0.29) is 11.8 Å². The molecule has 0 aromatic carbocycles. The first-order chi connectivity index (χ1) is 9.97. The van der Waals surface area contributed by atoms with Crippen LogP contribution in [-0.4, -0.2) is 54.0 Å². The number of piperidine rings is 3. The van der Waals surface area contributed by atoms with Gasteiger partial charge in [-0.25, -0.2) is 0 Å². The highest BCUT2D eigenvalue weighted by atomic mass is 16.1. The first-order valence-electron chi connectivity index (χ1n) is 8.74. The molecule has 4 nitrogen and oxygen atoms in total. The molecule has 4 saturated heterocycles. The fourth-order valence-corrected chi connectivity index (χ4v) is 5.05. The molecule has 0 aliphatic carbocycles. The number of likely N-dealkylation sites (tertiary alicyclic amines) is 1. The third kappa shape index (κ3) is 2.85. The van der Waals surface area contributed by atoms with Crippen molar-refractivity contribution in [3.8, 4) is 0 Å². The van der Waals surface area contributed by atoms with E-state index in [0.29, 0.717) is 18.0 Å². The van der Waals surface area contributed by atoms with Crippen LogP contribution in [-0.2, 0) is 4.79 Å². The molecule has 4 aliphatic heterocycles. The quantitative estimate of drug-likeness (QED) is 0.836. The molecule has 0 aromatic heterocycles. The van der Waals surface area contributed by atoms with Crippen molar-refractivity contribution >= 4 is 5.91 Å². The Labute approximate surface area is 129 Å². The molecule has 120 valence electrons. The summed E-state index contributed by atoms with van der Waals surface area (Å²) in [5.74, 6) is 2.29. The lowest BCUT2D eigenvalue weighted by molar-refractivity contribution is -0.122. The van der Waals surface area contributed by atoms with Crippen molar-refractivity contribution in [2.75, 3.05) is 26.2 Å². The Bertz CT molecular complexity index is 389. The molecule has 4 unspecified atom stereocenters. The Morgan fingerprint density at radius 2 is 1.90 bits per heavy atom. The van der Waals surface area contributed by atoms with Gasteiger partial charge in [-0.3, -0.25) is 14.6 Å². The van der Waals surface area contributed by atoms with Gasteiger partial charge in [-0.05, 0) is 50.1 Å². The molecule has 2 N–H and O–H groups in total. The zero-order chi connectivity index (χ0) is 15.1. The van der Waals surface area contributed by atoms with E-state index in [4.69, 9.17) is 5.73 Å². The summed E-state index contributed by atoms with van der Waals surface area (Å²) in [6, 6.07) is 1.21. The number of hydrogen-bond acceptors (Lipinski definition) is 3. The topological polar surface area (TPSA) is 49.6 Å². The van der Waals surface area contributed by atoms with E-state index in [9.17, 15) is 4.79 Å². The molecular weight excluding hydrogens is 262 g/mol. The van der Waals surface area contributed by atoms with E-state index >= 15 is 0 Å². The molecule has 4 heteroatoms. The average molecular weight is 293 g/mol. The number of nitrogens with zero attached hydrogens (tertiary/aromatic N) is 2. The predicted octanol–water partition coefficient (Wildman–Crippen LogP) is 1.55. The number of nitrogens with two attached hydrogens (primary N) is 1. The Morgan fingerprint density at radius 1 is 1.24 bits per heavy atom. The van der Waals surface area contributed by atoms with E-state index < -0.39 is 0 Å². The third-order valence-electron chi connectivity index (χ3n) is 6.03. The molecule has 4 heterocycles. The standard InChI is InChI=1S/C17H31N3O/c1-11(2)9-20-10-14-13-4-6-19(7-5-13)16(14)15(20)8-12(3)17(18)21/h11-16H,4-10H2,1-3H3,(H2,18,21). The number of carbonyl (C=O) groups is 1. The van der Waals surface area contributed by atoms with Crippen LogP contribution in [0, 0.1) is 23.7 Å². The second-order valence-corrected chi connectivity index (χ2v) is 7.98. The smallest absolute Gasteiger partial charge is 0.220 e. The highest BCUT2D eigenvalue weighted by Crippen LogP contribution is 2.45. The maximum Gasteiger partial charge on any atom is 0.220 e. The van der Waals surface area contributed by atoms with Gasteiger partial charge < -0.3 is 5.73 Å². The molecule has 0 saturated carbocycles. The number of amides is 1. The van der Waals surface area contributed by atoms with Crippen molar-refractivity contribution in [1.29, 1.82) is 0 Å². The number of hydrogen-bond donors (Lipinski definition) is 1. The van der Waals surface area contributed by atoms with E-state index in [1.54, 1.807) is 0 Å². The second kappa shape index (κ2) is 5.88. The molecule has 0 spiro atoms. The van der Waals surface area contributed by atoms with E-state index in [0.717, 1.165) is 24.8 Å². The van der Waals surface area contributed by atoms with Gasteiger partial charge in [-0.1, -0.05) is 20.8 Å². The number of fused-ring (bicyclic) bond motifs is 2. The molecule has 21 heavy (non-hydrogen) atoms. The van der Waals surface area contributed by atoms with Crippen molar-refractivity contribution in [3.63, 3.8) is 0 Å². The van der Waals surface area contributed by atoms with Crippen LogP contribution in [0.15, 0.2) is 0 Å². The molecule has 1 amide bonds. The molecule has 4 aliphatic rings. The monoisotopic (exact) mass is 293 g/mol. The summed E-state index contributed by atoms with van der Waals surface area (Å²) in [6.07, 6.45) is 3.70. The van der Waals surface area contributed by atoms with Crippen molar-refractivity contribution in [1.82, 2.24) is 9.80 Å². The molecule has 4 fully saturated rings. The number of rotatable bonds is 5. The van der Waals surface area contributed by atoms with Gasteiger partial charge in [-0.15, -0.1) is 0 Å². The molecule has 4 atom stereocenters. The molecule has 0 radical (unpaired) electrons. The maximum atomic E-state index is 11.5. The molecule has 4 rings (SSSR count). The van der Waals surface area contributed by atoms with Crippen LogP contribution in [0.25, 0.3) is 0 Å². The van der Waals surface area contributed by atoms with Crippen molar-refractivity contribution in [2.45, 2.75) is 52.1 Å². The van der Waals surface area contributed by atoms with Crippen LogP contribution in [0.1, 0.15) is 40.0 Å². The highest BCUT2D eigenvalue weighted by Gasteiger charge is 2.52. The summed E-state index contributed by atoms with van der Waals surface area (Å²) >= 11 is 0. The summed E-state index contributed by atoms with van der Waals surface area (Å²) in [6.45, 7) is 11.5. The Hall–Kier alpha value is -0.610. The van der Waals surface area contributed by atoms with Gasteiger partial charge >= 0.3 is 0 Å². The average Bonchev–Trinajstić information content (AvgIpc) is 2.79. The number of primary amides is 1. The van der Waals surface area contributed by atoms with Crippen molar-refractivity contribution in [3.05, 3.63) is 0 Å². The minimum Gasteiger partial charge on any atom is -0.369 e. The van der Waals surface area contributed by atoms with Crippen LogP contribution in [0.4, 0.5) is 0 Å². The Kier molecular flexibility index (Phi) is 4.28. The lowest BCUT2D eigenvalue weighted by Gasteiger charge is -2.50. The lowest BCUT2D eigenvalue weighted by atomic mass is 9.73. The summed E-state index contributed by atoms with van der Waals surface area (Å²) in [5.41, 5.74) is 5.53. The fourth-order valence-electron chi connectivity index (χ4n) is 5.05. The van der Waals surface area contributed by atoms with Gasteiger partial charge in [0.2, 0.25) is 5.91 Å². The maximum absolute atomic E-state index is 11.5. The third-order valence-corrected chi connectivity index (χ3v) is 6.03. The van der Waals surface area contributed by atoms with E-state index in [1.807, 2.05) is 6.92 Å². The zero-order valence-corrected chi connectivity index (χ0v) is 13.8. The molecule has 0 aromatic rings. The van der Waals surface area contributed by atoms with Gasteiger partial charge in [0.1, 0.15) is 0 Å². The lowest BCUT2D eigenvalue weighted by Crippen LogP contribution is -2.57. The van der Waals surface area contributed by atoms with Crippen molar-refractivity contribution in [2.24, 2.45) is 29.4 Å². The van der Waals surface area contributed by atoms with Crippen LogP contribution < -0.4 is 5.73 Å². The van der Waals surface area contributed by atoms with Crippen LogP contribution in [0.2, 0.25) is 0 Å². The van der Waals surface area contributed by atoms with Crippen LogP contribution in [0.5, 0.6) is 0 Å². The molecule has 2 bridgehead atoms. The minimum atomic E-state index is -0.140. The number of carbonyl (C=O) groups excluding carboxylic acids is 1. The zero-order valence-electron chi connectivity index (χ0n) is 13.8. The van der Waals surface area contributed by atoms with Gasteiger partial charge in [0.25, 0.3) is 0 Å². The highest BCUT2D eigenvalue weighted by molar-refractivity contribution is 5.76. The Morgan fingerprint density at radius 3 is 2.48 bits per heavy atom. The first kappa shape index (κ1) is 15.3. The van der Waals surface area contributed by atoms with Crippen molar-refractivity contribution < 1.29 is 4.79 Å². The van der Waals surface area contributed by atoms with Crippen LogP contribution >= 0.6 is 0 Å². The fraction of sp³-hybridized carbons (Fsp3) is 0.941. The van der Waals surface area contributed by atoms with Gasteiger partial charge in [0.15, 0.2) is 0 Å². The van der Waals surface area contributed by atoms with Gasteiger partial charge in [0, 0.05) is 31.1 Å². The van der Waals surface area contributed by atoms with Crippen LogP contribution in [0.3, 0.4) is 0 Å². The predicted molar refractivity (Wildman–Crippen MR) is 84.7 cm³/mol. The normalized spacial score (nSPS) is 40.5. The largest absolute Gasteiger partial charge is 0.369 e. The Balaban J connectivity index is 1.79. The second-order valence-electron chi connectivity index (χ2n) is 7.98. The SMILES string of the molecule is CC(C)CN1CC2C3CCN(CC3)C2C1CC(C)C(N)=O. The molecular formula is C17H31N3O. The summed E-state index contributed by atoms with van der Waals surface area (Å²) in [7, 11) is 0. The summed E-state index contributed by atoms with van der Waals surface area (Å²) in [5, 5.41) is 0. The first-order valence-corrected chi connectivity index (χ1v) is 8.74.